The van der Waals surface area contributed by atoms with Crippen molar-refractivity contribution in [3.8, 4) is 0 Å². The van der Waals surface area contributed by atoms with E-state index < -0.39 is 5.60 Å². The van der Waals surface area contributed by atoms with Crippen LogP contribution in [0.15, 0.2) is 16.2 Å². The third-order valence-corrected chi connectivity index (χ3v) is 8.71. The van der Waals surface area contributed by atoms with Crippen LogP contribution in [-0.4, -0.2) is 59.8 Å². The van der Waals surface area contributed by atoms with Crippen LogP contribution in [0, 0.1) is 5.41 Å². The van der Waals surface area contributed by atoms with Crippen molar-refractivity contribution in [2.45, 2.75) is 84.5 Å². The second-order valence-electron chi connectivity index (χ2n) is 10.3. The van der Waals surface area contributed by atoms with E-state index in [1.165, 1.54) is 15.3 Å². The predicted molar refractivity (Wildman–Crippen MR) is 130 cm³/mol. The smallest absolute Gasteiger partial charge is 0.0969 e. The Morgan fingerprint density at radius 2 is 2.16 bits per heavy atom. The molecule has 7 heteroatoms. The molecule has 2 aliphatic rings. The van der Waals surface area contributed by atoms with Crippen molar-refractivity contribution in [3.05, 3.63) is 21.4 Å². The molecule has 1 aromatic heterocycles. The Balaban J connectivity index is 1.64. The van der Waals surface area contributed by atoms with E-state index >= 15 is 0 Å². The first kappa shape index (κ1) is 24.4. The molecule has 0 radical (unpaired) electrons. The fourth-order valence-corrected chi connectivity index (χ4v) is 5.58. The molecule has 2 atom stereocenters. The van der Waals surface area contributed by atoms with Gasteiger partial charge in [-0.25, -0.2) is 0 Å². The molecule has 31 heavy (non-hydrogen) atoms. The predicted octanol–water partition coefficient (Wildman–Crippen LogP) is 3.75. The quantitative estimate of drug-likeness (QED) is 0.378. The van der Waals surface area contributed by atoms with Gasteiger partial charge in [-0.3, -0.25) is 9.89 Å². The van der Waals surface area contributed by atoms with Crippen LogP contribution in [0.4, 0.5) is 0 Å². The number of rotatable bonds is 7. The Hall–Kier alpha value is -1.28. The van der Waals surface area contributed by atoms with Gasteiger partial charge in [0.1, 0.15) is 0 Å². The van der Waals surface area contributed by atoms with Crippen LogP contribution in [0.2, 0.25) is 0 Å². The molecule has 0 aromatic carbocycles. The summed E-state index contributed by atoms with van der Waals surface area (Å²) in [5.41, 5.74) is 0.928. The number of aryl methyl sites for hydroxylation is 1. The molecule has 1 aromatic rings. The number of hydrogen-bond donors (Lipinski definition) is 2. The van der Waals surface area contributed by atoms with E-state index in [2.05, 4.69) is 34.9 Å². The summed E-state index contributed by atoms with van der Waals surface area (Å²) >= 11 is 1.97. The van der Waals surface area contributed by atoms with Gasteiger partial charge in [0.2, 0.25) is 0 Å². The fourth-order valence-electron chi connectivity index (χ4n) is 4.41. The molecule has 0 bridgehead atoms. The summed E-state index contributed by atoms with van der Waals surface area (Å²) in [6.07, 6.45) is 5.88. The molecule has 174 valence electrons. The van der Waals surface area contributed by atoms with Crippen molar-refractivity contribution >= 4 is 23.3 Å². The molecule has 2 aliphatic heterocycles. The molecule has 0 unspecified atom stereocenters. The topological polar surface area (TPSA) is 83.4 Å². The van der Waals surface area contributed by atoms with Crippen molar-refractivity contribution in [1.82, 2.24) is 4.90 Å². The Morgan fingerprint density at radius 3 is 2.77 bits per heavy atom. The normalized spacial score (nSPS) is 26.0. The lowest BCUT2D eigenvalue weighted by molar-refractivity contribution is -0.108. The number of ether oxygens (including phenoxy) is 1. The van der Waals surface area contributed by atoms with E-state index in [0.717, 1.165) is 44.5 Å². The largest absolute Gasteiger partial charge is 0.390 e. The Labute approximate surface area is 191 Å². The summed E-state index contributed by atoms with van der Waals surface area (Å²) < 4.78 is 6.45. The van der Waals surface area contributed by atoms with Gasteiger partial charge in [0, 0.05) is 53.5 Å². The molecule has 1 spiro atoms. The first-order valence-electron chi connectivity index (χ1n) is 11.5. The number of aliphatic imine (C=N–C) groups is 1. The SMILES string of the molecule is CCc1cc2c(s1)CCO[C@@]21CCN(C/C(C=NCC(C)(C)C(C)(C)O)=N/N)[C@@H](C)C1. The van der Waals surface area contributed by atoms with Crippen LogP contribution < -0.4 is 5.84 Å². The molecule has 6 nitrogen and oxygen atoms in total. The summed E-state index contributed by atoms with van der Waals surface area (Å²) in [6, 6.07) is 2.76. The minimum atomic E-state index is -0.807. The first-order valence-corrected chi connectivity index (χ1v) is 12.3. The second-order valence-corrected chi connectivity index (χ2v) is 11.5. The Morgan fingerprint density at radius 1 is 1.42 bits per heavy atom. The highest BCUT2D eigenvalue weighted by atomic mass is 32.1. The highest BCUT2D eigenvalue weighted by Crippen LogP contribution is 2.46. The van der Waals surface area contributed by atoms with Crippen molar-refractivity contribution < 1.29 is 9.84 Å². The standard InChI is InChI=1S/C24H40N4O2S/c1-7-19-12-20-21(31-19)8-11-30-24(20)9-10-28(17(2)13-24)15-18(27-25)14-26-16-22(3,4)23(5,6)29/h12,14,17,29H,7-11,13,15-16,25H2,1-6H3/b26-14?,27-18+/t17-,24+/m0/s1. The van der Waals surface area contributed by atoms with E-state index in [4.69, 9.17) is 10.6 Å². The van der Waals surface area contributed by atoms with Crippen molar-refractivity contribution in [2.24, 2.45) is 21.4 Å². The molecule has 3 N–H and O–H groups in total. The first-order chi connectivity index (χ1) is 14.5. The zero-order chi connectivity index (χ0) is 22.9. The average molecular weight is 449 g/mol. The number of piperidine rings is 1. The van der Waals surface area contributed by atoms with Crippen LogP contribution in [0.3, 0.4) is 0 Å². The second kappa shape index (κ2) is 9.30. The van der Waals surface area contributed by atoms with E-state index in [1.807, 2.05) is 39.0 Å². The summed E-state index contributed by atoms with van der Waals surface area (Å²) in [5.74, 6) is 5.69. The maximum Gasteiger partial charge on any atom is 0.0969 e. The number of aliphatic hydroxyl groups is 1. The lowest BCUT2D eigenvalue weighted by Crippen LogP contribution is -2.51. The fraction of sp³-hybridized carbons (Fsp3) is 0.750. The van der Waals surface area contributed by atoms with Crippen LogP contribution in [-0.2, 0) is 23.2 Å². The number of nitrogens with two attached hydrogens (primary N) is 1. The van der Waals surface area contributed by atoms with Gasteiger partial charge in [0.25, 0.3) is 0 Å². The van der Waals surface area contributed by atoms with Gasteiger partial charge < -0.3 is 15.7 Å². The average Bonchev–Trinajstić information content (AvgIpc) is 3.13. The van der Waals surface area contributed by atoms with Gasteiger partial charge in [0.15, 0.2) is 0 Å². The maximum atomic E-state index is 10.3. The zero-order valence-electron chi connectivity index (χ0n) is 20.1. The van der Waals surface area contributed by atoms with E-state index in [-0.39, 0.29) is 11.0 Å². The molecule has 0 aliphatic carbocycles. The monoisotopic (exact) mass is 448 g/mol. The highest BCUT2D eigenvalue weighted by molar-refractivity contribution is 7.12. The van der Waals surface area contributed by atoms with Crippen LogP contribution in [0.5, 0.6) is 0 Å². The maximum absolute atomic E-state index is 10.3. The van der Waals surface area contributed by atoms with Crippen molar-refractivity contribution in [3.63, 3.8) is 0 Å². The minimum Gasteiger partial charge on any atom is -0.390 e. The van der Waals surface area contributed by atoms with E-state index in [1.54, 1.807) is 6.21 Å². The zero-order valence-corrected chi connectivity index (χ0v) is 20.9. The Bertz CT molecular complexity index is 824. The number of thiophene rings is 1. The van der Waals surface area contributed by atoms with Gasteiger partial charge in [-0.15, -0.1) is 11.3 Å². The summed E-state index contributed by atoms with van der Waals surface area (Å²) in [7, 11) is 0. The molecule has 3 heterocycles. The molecule has 3 rings (SSSR count). The van der Waals surface area contributed by atoms with Crippen LogP contribution in [0.1, 0.15) is 69.7 Å². The molecular weight excluding hydrogens is 408 g/mol. The van der Waals surface area contributed by atoms with E-state index in [0.29, 0.717) is 19.1 Å². The van der Waals surface area contributed by atoms with Crippen molar-refractivity contribution in [1.29, 1.82) is 0 Å². The van der Waals surface area contributed by atoms with Crippen LogP contribution >= 0.6 is 11.3 Å². The van der Waals surface area contributed by atoms with Crippen LogP contribution in [0.25, 0.3) is 0 Å². The molecule has 1 saturated heterocycles. The molecule has 1 fully saturated rings. The number of likely N-dealkylation sites (tertiary alicyclic amines) is 1. The number of fused-ring (bicyclic) bond motifs is 2. The Kier molecular flexibility index (Phi) is 7.31. The van der Waals surface area contributed by atoms with Crippen molar-refractivity contribution in [2.75, 3.05) is 26.2 Å². The molecule has 0 amide bonds. The van der Waals surface area contributed by atoms with Gasteiger partial charge in [0.05, 0.1) is 23.5 Å². The molecule has 0 saturated carbocycles. The van der Waals surface area contributed by atoms with Gasteiger partial charge >= 0.3 is 0 Å². The van der Waals surface area contributed by atoms with Gasteiger partial charge in [-0.1, -0.05) is 20.8 Å². The highest BCUT2D eigenvalue weighted by Gasteiger charge is 2.44. The summed E-state index contributed by atoms with van der Waals surface area (Å²) in [6.45, 7) is 15.1. The van der Waals surface area contributed by atoms with Gasteiger partial charge in [-0.05, 0) is 51.7 Å². The minimum absolute atomic E-state index is 0.141. The lowest BCUT2D eigenvalue weighted by Gasteiger charge is -2.47. The van der Waals surface area contributed by atoms with Gasteiger partial charge in [-0.2, -0.15) is 5.10 Å². The summed E-state index contributed by atoms with van der Waals surface area (Å²) in [4.78, 5) is 9.96. The number of nitrogens with zero attached hydrogens (tertiary/aromatic N) is 3. The molecular formula is C24H40N4O2S. The third kappa shape index (κ3) is 5.21. The van der Waals surface area contributed by atoms with E-state index in [9.17, 15) is 5.11 Å². The lowest BCUT2D eigenvalue weighted by atomic mass is 9.77. The third-order valence-electron chi connectivity index (χ3n) is 7.37. The summed E-state index contributed by atoms with van der Waals surface area (Å²) in [5, 5.41) is 14.3. The number of hydrazone groups is 1. The number of hydrogen-bond acceptors (Lipinski definition) is 7.